The van der Waals surface area contributed by atoms with E-state index in [-0.39, 0.29) is 10.6 Å². The molecule has 0 aliphatic heterocycles. The molecule has 2 rings (SSSR count). The molecule has 0 aliphatic carbocycles. The van der Waals surface area contributed by atoms with Crippen LogP contribution < -0.4 is 11.1 Å². The number of thiocarbonyl (C=S) groups is 1. The lowest BCUT2D eigenvalue weighted by Crippen LogP contribution is -2.17. The van der Waals surface area contributed by atoms with Gasteiger partial charge in [-0.05, 0) is 30.3 Å². The summed E-state index contributed by atoms with van der Waals surface area (Å²) >= 11 is 10.8. The summed E-state index contributed by atoms with van der Waals surface area (Å²) in [7, 11) is 0. The van der Waals surface area contributed by atoms with E-state index >= 15 is 0 Å². The van der Waals surface area contributed by atoms with Crippen molar-refractivity contribution >= 4 is 40.4 Å². The minimum atomic E-state index is -0.643. The zero-order valence-electron chi connectivity index (χ0n) is 10.6. The third-order valence-corrected chi connectivity index (χ3v) is 3.15. The summed E-state index contributed by atoms with van der Waals surface area (Å²) in [6.45, 7) is 0. The molecule has 0 heterocycles. The van der Waals surface area contributed by atoms with Gasteiger partial charge in [-0.2, -0.15) is 0 Å². The van der Waals surface area contributed by atoms with Crippen LogP contribution in [0.2, 0.25) is 5.02 Å². The van der Waals surface area contributed by atoms with Gasteiger partial charge in [0.2, 0.25) is 0 Å². The molecule has 7 heteroatoms. The summed E-state index contributed by atoms with van der Waals surface area (Å²) in [6, 6.07) is 7.73. The second-order valence-corrected chi connectivity index (χ2v) is 5.05. The molecule has 0 aliphatic rings. The monoisotopic (exact) mass is 324 g/mol. The predicted molar refractivity (Wildman–Crippen MR) is 83.4 cm³/mol. The molecule has 0 fully saturated rings. The van der Waals surface area contributed by atoms with Gasteiger partial charge >= 0.3 is 0 Å². The normalized spacial score (nSPS) is 10.2. The smallest absolute Gasteiger partial charge is 0.259 e. The maximum atomic E-state index is 12.9. The average molecular weight is 325 g/mol. The van der Waals surface area contributed by atoms with Crippen LogP contribution in [0.25, 0.3) is 0 Å². The fourth-order valence-electron chi connectivity index (χ4n) is 1.72. The van der Waals surface area contributed by atoms with Gasteiger partial charge in [0.05, 0.1) is 11.3 Å². The zero-order chi connectivity index (χ0) is 15.6. The van der Waals surface area contributed by atoms with E-state index in [1.165, 1.54) is 12.1 Å². The van der Waals surface area contributed by atoms with Gasteiger partial charge < -0.3 is 16.2 Å². The third kappa shape index (κ3) is 3.48. The number of hydrogen-bond donors (Lipinski definition) is 3. The van der Waals surface area contributed by atoms with E-state index in [2.05, 4.69) is 5.32 Å². The van der Waals surface area contributed by atoms with Gasteiger partial charge in [-0.3, -0.25) is 4.79 Å². The van der Waals surface area contributed by atoms with E-state index in [1.807, 2.05) is 0 Å². The van der Waals surface area contributed by atoms with Crippen molar-refractivity contribution in [2.24, 2.45) is 5.73 Å². The van der Waals surface area contributed by atoms with Gasteiger partial charge in [0, 0.05) is 16.7 Å². The van der Waals surface area contributed by atoms with Crippen LogP contribution >= 0.6 is 23.8 Å². The Hall–Kier alpha value is -2.18. The second kappa shape index (κ2) is 6.07. The largest absolute Gasteiger partial charge is 0.507 e. The highest BCUT2D eigenvalue weighted by Gasteiger charge is 2.15. The number of phenols is 1. The van der Waals surface area contributed by atoms with Crippen molar-refractivity contribution in [2.75, 3.05) is 5.32 Å². The summed E-state index contributed by atoms with van der Waals surface area (Å²) < 4.78 is 12.9. The first-order valence-corrected chi connectivity index (χ1v) is 6.56. The van der Waals surface area contributed by atoms with Crippen molar-refractivity contribution in [2.45, 2.75) is 0 Å². The van der Waals surface area contributed by atoms with E-state index in [9.17, 15) is 14.3 Å². The Bertz CT molecular complexity index is 737. The molecule has 2 aromatic carbocycles. The first-order valence-electron chi connectivity index (χ1n) is 5.77. The Morgan fingerprint density at radius 3 is 2.52 bits per heavy atom. The lowest BCUT2D eigenvalue weighted by molar-refractivity contribution is 0.102. The Balaban J connectivity index is 2.35. The highest BCUT2D eigenvalue weighted by Crippen LogP contribution is 2.24. The molecule has 0 aromatic heterocycles. The average Bonchev–Trinajstić information content (AvgIpc) is 2.37. The van der Waals surface area contributed by atoms with E-state index < -0.39 is 17.5 Å². The van der Waals surface area contributed by atoms with Gasteiger partial charge in [0.15, 0.2) is 0 Å². The quantitative estimate of drug-likeness (QED) is 0.758. The molecule has 0 bridgehead atoms. The Labute approximate surface area is 130 Å². The van der Waals surface area contributed by atoms with E-state index in [0.717, 1.165) is 12.1 Å². The van der Waals surface area contributed by atoms with E-state index in [0.29, 0.717) is 16.3 Å². The summed E-state index contributed by atoms with van der Waals surface area (Å²) in [5.41, 5.74) is 6.23. The molecule has 2 aromatic rings. The van der Waals surface area contributed by atoms with Crippen molar-refractivity contribution in [3.63, 3.8) is 0 Å². The summed E-state index contributed by atoms with van der Waals surface area (Å²) in [6.07, 6.45) is 0. The minimum absolute atomic E-state index is 0.0785. The molecule has 0 unspecified atom stereocenters. The molecule has 4 N–H and O–H groups in total. The maximum absolute atomic E-state index is 12.9. The van der Waals surface area contributed by atoms with Gasteiger partial charge in [-0.15, -0.1) is 0 Å². The van der Waals surface area contributed by atoms with Crippen molar-refractivity contribution in [3.05, 3.63) is 58.4 Å². The highest BCUT2D eigenvalue weighted by molar-refractivity contribution is 7.80. The standard InChI is InChI=1S/C14H10ClFN2O2S/c15-7-1-3-9(13(17)21)11(5-7)18-14(20)10-4-2-8(16)6-12(10)19/h1-6,19H,(H2,17,21)(H,18,20). The fraction of sp³-hybridized carbons (Fsp3) is 0. The second-order valence-electron chi connectivity index (χ2n) is 4.17. The number of amides is 1. The molecule has 0 radical (unpaired) electrons. The number of carbonyl (C=O) groups is 1. The van der Waals surface area contributed by atoms with Gasteiger partial charge in [-0.1, -0.05) is 23.8 Å². The van der Waals surface area contributed by atoms with Crippen molar-refractivity contribution in [3.8, 4) is 5.75 Å². The topological polar surface area (TPSA) is 75.3 Å². The lowest BCUT2D eigenvalue weighted by atomic mass is 10.1. The lowest BCUT2D eigenvalue weighted by Gasteiger charge is -2.11. The van der Waals surface area contributed by atoms with Crippen LogP contribution in [-0.2, 0) is 0 Å². The number of carbonyl (C=O) groups excluding carboxylic acids is 1. The molecule has 0 spiro atoms. The Kier molecular flexibility index (Phi) is 4.40. The van der Waals surface area contributed by atoms with E-state index in [1.54, 1.807) is 12.1 Å². The first-order chi connectivity index (χ1) is 9.88. The number of hydrogen-bond acceptors (Lipinski definition) is 3. The first kappa shape index (κ1) is 15.2. The van der Waals surface area contributed by atoms with Crippen LogP contribution in [0.5, 0.6) is 5.75 Å². The molecular formula is C14H10ClFN2O2S. The molecular weight excluding hydrogens is 315 g/mol. The number of halogens is 2. The molecule has 108 valence electrons. The van der Waals surface area contributed by atoms with Gasteiger partial charge in [0.25, 0.3) is 5.91 Å². The summed E-state index contributed by atoms with van der Waals surface area (Å²) in [5, 5.41) is 12.5. The van der Waals surface area contributed by atoms with Crippen LogP contribution in [0.4, 0.5) is 10.1 Å². The Morgan fingerprint density at radius 1 is 1.24 bits per heavy atom. The number of benzene rings is 2. The number of phenolic OH excluding ortho intramolecular Hbond substituents is 1. The summed E-state index contributed by atoms with van der Waals surface area (Å²) in [5.74, 6) is -1.74. The number of nitrogens with two attached hydrogens (primary N) is 1. The predicted octanol–water partition coefficient (Wildman–Crippen LogP) is 3.07. The van der Waals surface area contributed by atoms with Crippen LogP contribution in [0.3, 0.4) is 0 Å². The Morgan fingerprint density at radius 2 is 1.90 bits per heavy atom. The van der Waals surface area contributed by atoms with Gasteiger partial charge in [0.1, 0.15) is 16.6 Å². The zero-order valence-corrected chi connectivity index (χ0v) is 12.1. The molecule has 1 amide bonds. The maximum Gasteiger partial charge on any atom is 0.259 e. The number of rotatable bonds is 3. The van der Waals surface area contributed by atoms with Crippen molar-refractivity contribution in [1.29, 1.82) is 0 Å². The fourth-order valence-corrected chi connectivity index (χ4v) is 2.07. The number of anilines is 1. The minimum Gasteiger partial charge on any atom is -0.507 e. The number of aromatic hydroxyl groups is 1. The van der Waals surface area contributed by atoms with Crippen LogP contribution in [-0.4, -0.2) is 16.0 Å². The summed E-state index contributed by atoms with van der Waals surface area (Å²) in [4.78, 5) is 12.2. The van der Waals surface area contributed by atoms with Crippen LogP contribution in [0.1, 0.15) is 15.9 Å². The molecule has 0 atom stereocenters. The van der Waals surface area contributed by atoms with Crippen LogP contribution in [0, 0.1) is 5.82 Å². The van der Waals surface area contributed by atoms with Crippen molar-refractivity contribution in [1.82, 2.24) is 0 Å². The van der Waals surface area contributed by atoms with Crippen LogP contribution in [0.15, 0.2) is 36.4 Å². The van der Waals surface area contributed by atoms with E-state index in [4.69, 9.17) is 29.6 Å². The molecule has 0 saturated heterocycles. The molecule has 0 saturated carbocycles. The molecule has 21 heavy (non-hydrogen) atoms. The SMILES string of the molecule is NC(=S)c1ccc(Cl)cc1NC(=O)c1ccc(F)cc1O. The van der Waals surface area contributed by atoms with Crippen molar-refractivity contribution < 1.29 is 14.3 Å². The highest BCUT2D eigenvalue weighted by atomic mass is 35.5. The molecule has 4 nitrogen and oxygen atoms in total. The number of nitrogens with one attached hydrogen (secondary N) is 1. The van der Waals surface area contributed by atoms with Gasteiger partial charge in [-0.25, -0.2) is 4.39 Å². The third-order valence-electron chi connectivity index (χ3n) is 2.70.